The van der Waals surface area contributed by atoms with Gasteiger partial charge < -0.3 is 10.2 Å². The van der Waals surface area contributed by atoms with Crippen molar-refractivity contribution >= 4 is 11.7 Å². The molecule has 23 heavy (non-hydrogen) atoms. The largest absolute Gasteiger partial charge is 0.322 e. The lowest BCUT2D eigenvalue weighted by atomic mass is 9.93. The van der Waals surface area contributed by atoms with Gasteiger partial charge in [-0.15, -0.1) is 13.2 Å². The Morgan fingerprint density at radius 2 is 1.96 bits per heavy atom. The van der Waals surface area contributed by atoms with Crippen molar-refractivity contribution in [2.45, 2.75) is 38.3 Å². The van der Waals surface area contributed by atoms with Crippen molar-refractivity contribution in [2.24, 2.45) is 0 Å². The van der Waals surface area contributed by atoms with E-state index in [4.69, 9.17) is 0 Å². The standard InChI is InChI=1S/C19H23FN2O/c1-4-6-17-12-14(3)13-18(7-5-2)22(17)19(23)21-16-10-8-15(20)9-11-16/h4-5,8-12,17-18H,1-2,6-7,13H2,3H3,(H,21,23)/t17-,18-/m1/s1. The number of benzene rings is 1. The molecular weight excluding hydrogens is 291 g/mol. The minimum absolute atomic E-state index is 0.0216. The molecule has 0 saturated heterocycles. The van der Waals surface area contributed by atoms with Crippen molar-refractivity contribution in [1.82, 2.24) is 4.90 Å². The van der Waals surface area contributed by atoms with E-state index >= 15 is 0 Å². The van der Waals surface area contributed by atoms with Gasteiger partial charge >= 0.3 is 6.03 Å². The number of nitrogens with one attached hydrogen (secondary N) is 1. The fourth-order valence-corrected chi connectivity index (χ4v) is 3.00. The Kier molecular flexibility index (Phi) is 5.74. The lowest BCUT2D eigenvalue weighted by Gasteiger charge is -2.40. The van der Waals surface area contributed by atoms with Crippen LogP contribution in [0.2, 0.25) is 0 Å². The Bertz CT molecular complexity index is 606. The number of rotatable bonds is 5. The smallest absolute Gasteiger partial charge is 0.314 e. The third kappa shape index (κ3) is 4.31. The number of urea groups is 1. The van der Waals surface area contributed by atoms with Crippen molar-refractivity contribution in [1.29, 1.82) is 0 Å². The van der Waals surface area contributed by atoms with Crippen molar-refractivity contribution in [3.05, 3.63) is 67.0 Å². The second-order valence-electron chi connectivity index (χ2n) is 5.83. The highest BCUT2D eigenvalue weighted by Crippen LogP contribution is 2.27. The number of carbonyl (C=O) groups is 1. The molecule has 1 N–H and O–H groups in total. The molecule has 3 nitrogen and oxygen atoms in total. The van der Waals surface area contributed by atoms with E-state index in [1.807, 2.05) is 17.1 Å². The van der Waals surface area contributed by atoms with Gasteiger partial charge in [-0.1, -0.05) is 23.8 Å². The number of anilines is 1. The molecule has 0 spiro atoms. The van der Waals surface area contributed by atoms with Crippen LogP contribution in [0, 0.1) is 5.82 Å². The molecule has 0 radical (unpaired) electrons. The molecule has 2 atom stereocenters. The van der Waals surface area contributed by atoms with Crippen LogP contribution >= 0.6 is 0 Å². The summed E-state index contributed by atoms with van der Waals surface area (Å²) in [5.74, 6) is -0.325. The maximum absolute atomic E-state index is 13.0. The summed E-state index contributed by atoms with van der Waals surface area (Å²) in [6.45, 7) is 9.67. The first-order valence-electron chi connectivity index (χ1n) is 7.79. The van der Waals surface area contributed by atoms with Crippen LogP contribution in [0.3, 0.4) is 0 Å². The lowest BCUT2D eigenvalue weighted by molar-refractivity contribution is 0.163. The Balaban J connectivity index is 2.22. The molecule has 4 heteroatoms. The number of hydrogen-bond donors (Lipinski definition) is 1. The molecule has 1 aromatic rings. The Morgan fingerprint density at radius 1 is 1.30 bits per heavy atom. The predicted molar refractivity (Wildman–Crippen MR) is 92.8 cm³/mol. The Labute approximate surface area is 137 Å². The summed E-state index contributed by atoms with van der Waals surface area (Å²) in [6.07, 6.45) is 8.04. The molecule has 2 rings (SSSR count). The highest BCUT2D eigenvalue weighted by molar-refractivity contribution is 5.90. The minimum atomic E-state index is -0.325. The number of carbonyl (C=O) groups excluding carboxylic acids is 1. The van der Waals surface area contributed by atoms with Crippen LogP contribution in [0.4, 0.5) is 14.9 Å². The Hall–Kier alpha value is -2.36. The molecule has 0 saturated carbocycles. The van der Waals surface area contributed by atoms with Gasteiger partial charge in [0.2, 0.25) is 0 Å². The number of hydrogen-bond acceptors (Lipinski definition) is 1. The van der Waals surface area contributed by atoms with Gasteiger partial charge in [0.15, 0.2) is 0 Å². The molecule has 1 aliphatic heterocycles. The molecule has 0 aliphatic carbocycles. The lowest BCUT2D eigenvalue weighted by Crippen LogP contribution is -2.50. The van der Waals surface area contributed by atoms with E-state index in [0.717, 1.165) is 12.8 Å². The van der Waals surface area contributed by atoms with Gasteiger partial charge in [0.1, 0.15) is 5.82 Å². The van der Waals surface area contributed by atoms with Gasteiger partial charge in [-0.2, -0.15) is 0 Å². The highest BCUT2D eigenvalue weighted by atomic mass is 19.1. The zero-order valence-corrected chi connectivity index (χ0v) is 13.5. The summed E-state index contributed by atoms with van der Waals surface area (Å²) in [6, 6.07) is 5.65. The molecule has 1 aromatic carbocycles. The van der Waals surface area contributed by atoms with Crippen LogP contribution < -0.4 is 5.32 Å². The zero-order chi connectivity index (χ0) is 16.8. The van der Waals surface area contributed by atoms with Gasteiger partial charge in [0.25, 0.3) is 0 Å². The maximum atomic E-state index is 13.0. The summed E-state index contributed by atoms with van der Waals surface area (Å²) >= 11 is 0. The minimum Gasteiger partial charge on any atom is -0.314 e. The molecular formula is C19H23FN2O. The first-order chi connectivity index (χ1) is 11.0. The number of halogens is 1. The van der Waals surface area contributed by atoms with Crippen LogP contribution in [0.15, 0.2) is 61.2 Å². The van der Waals surface area contributed by atoms with E-state index in [1.165, 1.54) is 17.7 Å². The van der Waals surface area contributed by atoms with E-state index in [1.54, 1.807) is 12.1 Å². The molecule has 0 bridgehead atoms. The molecule has 1 heterocycles. The van der Waals surface area contributed by atoms with Crippen LogP contribution in [0.25, 0.3) is 0 Å². The van der Waals surface area contributed by atoms with Crippen LogP contribution in [-0.2, 0) is 0 Å². The summed E-state index contributed by atoms with van der Waals surface area (Å²) in [5, 5.41) is 2.85. The molecule has 1 aliphatic rings. The van der Waals surface area contributed by atoms with Gasteiger partial charge in [0, 0.05) is 11.7 Å². The van der Waals surface area contributed by atoms with Crippen molar-refractivity contribution in [3.8, 4) is 0 Å². The maximum Gasteiger partial charge on any atom is 0.322 e. The van der Waals surface area contributed by atoms with Gasteiger partial charge in [-0.25, -0.2) is 9.18 Å². The van der Waals surface area contributed by atoms with Crippen LogP contribution in [-0.4, -0.2) is 23.0 Å². The quantitative estimate of drug-likeness (QED) is 0.770. The average Bonchev–Trinajstić information content (AvgIpc) is 2.50. The number of nitrogens with zero attached hydrogens (tertiary/aromatic N) is 1. The Morgan fingerprint density at radius 3 is 2.57 bits per heavy atom. The van der Waals surface area contributed by atoms with Crippen LogP contribution in [0.5, 0.6) is 0 Å². The topological polar surface area (TPSA) is 32.3 Å². The molecule has 122 valence electrons. The second-order valence-corrected chi connectivity index (χ2v) is 5.83. The summed E-state index contributed by atoms with van der Waals surface area (Å²) in [7, 11) is 0. The summed E-state index contributed by atoms with van der Waals surface area (Å²) in [5.41, 5.74) is 1.85. The fourth-order valence-electron chi connectivity index (χ4n) is 3.00. The van der Waals surface area contributed by atoms with Gasteiger partial charge in [-0.05, 0) is 50.5 Å². The SMILES string of the molecule is C=CC[C@@H]1CC(C)=C[C@@H](CC=C)N1C(=O)Nc1ccc(F)cc1. The normalized spacial score (nSPS) is 20.6. The second kappa shape index (κ2) is 7.77. The average molecular weight is 314 g/mol. The van der Waals surface area contributed by atoms with Crippen molar-refractivity contribution in [3.63, 3.8) is 0 Å². The van der Waals surface area contributed by atoms with Gasteiger partial charge in [-0.3, -0.25) is 0 Å². The van der Waals surface area contributed by atoms with E-state index in [-0.39, 0.29) is 23.9 Å². The van der Waals surface area contributed by atoms with Gasteiger partial charge in [0.05, 0.1) is 6.04 Å². The molecule has 0 aromatic heterocycles. The molecule has 0 unspecified atom stereocenters. The van der Waals surface area contributed by atoms with Crippen molar-refractivity contribution < 1.29 is 9.18 Å². The highest BCUT2D eigenvalue weighted by Gasteiger charge is 2.32. The van der Waals surface area contributed by atoms with E-state index in [9.17, 15) is 9.18 Å². The fraction of sp³-hybridized carbons (Fsp3) is 0.316. The van der Waals surface area contributed by atoms with Crippen LogP contribution in [0.1, 0.15) is 26.2 Å². The molecule has 0 fully saturated rings. The summed E-state index contributed by atoms with van der Waals surface area (Å²) in [4.78, 5) is 14.6. The van der Waals surface area contributed by atoms with Crippen molar-refractivity contribution in [2.75, 3.05) is 5.32 Å². The van der Waals surface area contributed by atoms with E-state index in [0.29, 0.717) is 12.1 Å². The first kappa shape index (κ1) is 17.0. The zero-order valence-electron chi connectivity index (χ0n) is 13.5. The third-order valence-corrected chi connectivity index (χ3v) is 3.96. The van der Waals surface area contributed by atoms with E-state index < -0.39 is 0 Å². The summed E-state index contributed by atoms with van der Waals surface area (Å²) < 4.78 is 13.0. The first-order valence-corrected chi connectivity index (χ1v) is 7.79. The number of amides is 2. The van der Waals surface area contributed by atoms with E-state index in [2.05, 4.69) is 31.5 Å². The molecule has 2 amide bonds. The predicted octanol–water partition coefficient (Wildman–Crippen LogP) is 4.90. The monoisotopic (exact) mass is 314 g/mol. The third-order valence-electron chi connectivity index (χ3n) is 3.96.